The van der Waals surface area contributed by atoms with E-state index in [1.807, 2.05) is 4.52 Å². The fourth-order valence-electron chi connectivity index (χ4n) is 5.04. The lowest BCUT2D eigenvalue weighted by atomic mass is 9.92. The van der Waals surface area contributed by atoms with Crippen molar-refractivity contribution < 1.29 is 0 Å². The molecule has 5 rings (SSSR count). The maximum atomic E-state index is 8.96. The number of H-pyrrole nitrogens is 1. The number of fused-ring (bicyclic) bond motifs is 2. The zero-order valence-corrected chi connectivity index (χ0v) is 19.2. The fourth-order valence-corrected chi connectivity index (χ4v) is 5.04. The molecule has 5 heterocycles. The molecule has 164 valence electrons. The van der Waals surface area contributed by atoms with E-state index < -0.39 is 0 Å². The third kappa shape index (κ3) is 3.35. The minimum absolute atomic E-state index is 0.324. The molecule has 4 aromatic rings. The normalized spacial score (nSPS) is 15.8. The molecule has 7 nitrogen and oxygen atoms in total. The van der Waals surface area contributed by atoms with Gasteiger partial charge in [0.1, 0.15) is 6.33 Å². The Labute approximate surface area is 188 Å². The summed E-state index contributed by atoms with van der Waals surface area (Å²) in [7, 11) is 0. The Morgan fingerprint density at radius 2 is 1.97 bits per heavy atom. The Morgan fingerprint density at radius 3 is 2.69 bits per heavy atom. The van der Waals surface area contributed by atoms with Gasteiger partial charge in [-0.3, -0.25) is 9.88 Å². The van der Waals surface area contributed by atoms with E-state index >= 15 is 0 Å². The van der Waals surface area contributed by atoms with E-state index in [9.17, 15) is 0 Å². The number of nitriles is 1. The third-order valence-electron chi connectivity index (χ3n) is 6.97. The summed E-state index contributed by atoms with van der Waals surface area (Å²) in [6, 6.07) is 6.63. The first-order chi connectivity index (χ1) is 15.5. The number of pyridine rings is 2. The summed E-state index contributed by atoms with van der Waals surface area (Å²) < 4.78 is 1.86. The highest BCUT2D eigenvalue weighted by Gasteiger charge is 2.24. The van der Waals surface area contributed by atoms with E-state index in [0.29, 0.717) is 18.4 Å². The topological polar surface area (TPSA) is 85.9 Å². The van der Waals surface area contributed by atoms with E-state index in [1.165, 1.54) is 16.8 Å². The highest BCUT2D eigenvalue weighted by atomic mass is 15.3. The Bertz CT molecular complexity index is 1330. The number of aromatic amines is 1. The van der Waals surface area contributed by atoms with Crippen molar-refractivity contribution in [3.63, 3.8) is 0 Å². The Hall–Kier alpha value is -3.24. The Kier molecular flexibility index (Phi) is 5.18. The van der Waals surface area contributed by atoms with Crippen LogP contribution in [0.2, 0.25) is 0 Å². The number of hydrogen-bond donors (Lipinski definition) is 1. The van der Waals surface area contributed by atoms with Crippen molar-refractivity contribution >= 4 is 16.7 Å². The van der Waals surface area contributed by atoms with Crippen molar-refractivity contribution in [2.45, 2.75) is 52.4 Å². The summed E-state index contributed by atoms with van der Waals surface area (Å²) in [5.74, 6) is 0.772. The van der Waals surface area contributed by atoms with Gasteiger partial charge in [0, 0.05) is 28.9 Å². The van der Waals surface area contributed by atoms with Gasteiger partial charge in [-0.25, -0.2) is 9.50 Å². The molecule has 0 amide bonds. The fraction of sp³-hybridized carbons (Fsp3) is 0.440. The first-order valence-electron chi connectivity index (χ1n) is 11.4. The van der Waals surface area contributed by atoms with E-state index in [0.717, 1.165) is 59.4 Å². The molecule has 32 heavy (non-hydrogen) atoms. The van der Waals surface area contributed by atoms with Crippen LogP contribution in [0.1, 0.15) is 60.9 Å². The number of piperidine rings is 1. The second-order valence-corrected chi connectivity index (χ2v) is 9.23. The Balaban J connectivity index is 1.59. The van der Waals surface area contributed by atoms with Crippen molar-refractivity contribution in [3.8, 4) is 17.3 Å². The summed E-state index contributed by atoms with van der Waals surface area (Å²) in [5.41, 5.74) is 10.1. The predicted octanol–water partition coefficient (Wildman–Crippen LogP) is 4.72. The van der Waals surface area contributed by atoms with Crippen molar-refractivity contribution in [1.29, 1.82) is 5.26 Å². The van der Waals surface area contributed by atoms with Crippen LogP contribution in [-0.4, -0.2) is 49.1 Å². The lowest BCUT2D eigenvalue weighted by Gasteiger charge is -2.29. The van der Waals surface area contributed by atoms with Crippen LogP contribution in [-0.2, 0) is 0 Å². The van der Waals surface area contributed by atoms with Crippen molar-refractivity contribution in [2.75, 3.05) is 19.6 Å². The second kappa shape index (κ2) is 8.03. The molecular formula is C25H29N7. The van der Waals surface area contributed by atoms with E-state index in [2.05, 4.69) is 72.1 Å². The van der Waals surface area contributed by atoms with Gasteiger partial charge in [-0.2, -0.15) is 10.4 Å². The van der Waals surface area contributed by atoms with Gasteiger partial charge >= 0.3 is 0 Å². The van der Waals surface area contributed by atoms with E-state index in [4.69, 9.17) is 10.2 Å². The summed E-state index contributed by atoms with van der Waals surface area (Å²) in [6.45, 7) is 11.2. The van der Waals surface area contributed by atoms with Gasteiger partial charge in [0.15, 0.2) is 5.65 Å². The molecule has 0 spiro atoms. The first kappa shape index (κ1) is 20.7. The molecule has 0 atom stereocenters. The molecule has 0 bridgehead atoms. The molecule has 0 unspecified atom stereocenters. The second-order valence-electron chi connectivity index (χ2n) is 9.23. The molecular weight excluding hydrogens is 398 g/mol. The number of aromatic nitrogens is 5. The SMILES string of the molecule is Cc1c(-c2[nH]c3ccc(C4CCN(CC#N)CC4)nc3c2C(C)C)cn2ncnc2c1C. The molecule has 1 aliphatic rings. The summed E-state index contributed by atoms with van der Waals surface area (Å²) in [4.78, 5) is 15.5. The largest absolute Gasteiger partial charge is 0.353 e. The minimum atomic E-state index is 0.324. The average Bonchev–Trinajstić information content (AvgIpc) is 3.41. The van der Waals surface area contributed by atoms with Crippen LogP contribution in [0.3, 0.4) is 0 Å². The van der Waals surface area contributed by atoms with E-state index in [1.54, 1.807) is 6.33 Å². The molecule has 1 saturated heterocycles. The van der Waals surface area contributed by atoms with Gasteiger partial charge in [-0.1, -0.05) is 13.8 Å². The number of rotatable bonds is 4. The summed E-state index contributed by atoms with van der Waals surface area (Å²) >= 11 is 0. The summed E-state index contributed by atoms with van der Waals surface area (Å²) in [6.07, 6.45) is 5.79. The van der Waals surface area contributed by atoms with Gasteiger partial charge < -0.3 is 4.98 Å². The maximum Gasteiger partial charge on any atom is 0.158 e. The van der Waals surface area contributed by atoms with Crippen molar-refractivity contribution in [2.24, 2.45) is 0 Å². The quantitative estimate of drug-likeness (QED) is 0.477. The number of hydrogen-bond acceptors (Lipinski definition) is 5. The van der Waals surface area contributed by atoms with Gasteiger partial charge in [0.25, 0.3) is 0 Å². The van der Waals surface area contributed by atoms with E-state index in [-0.39, 0.29) is 0 Å². The van der Waals surface area contributed by atoms with Gasteiger partial charge in [0.05, 0.1) is 29.3 Å². The Morgan fingerprint density at radius 1 is 1.19 bits per heavy atom. The molecule has 0 radical (unpaired) electrons. The van der Waals surface area contributed by atoms with Crippen LogP contribution in [0.5, 0.6) is 0 Å². The molecule has 1 fully saturated rings. The van der Waals surface area contributed by atoms with Crippen LogP contribution >= 0.6 is 0 Å². The lowest BCUT2D eigenvalue weighted by Crippen LogP contribution is -2.33. The maximum absolute atomic E-state index is 8.96. The van der Waals surface area contributed by atoms with Crippen LogP contribution in [0.15, 0.2) is 24.7 Å². The highest BCUT2D eigenvalue weighted by molar-refractivity contribution is 5.89. The highest BCUT2D eigenvalue weighted by Crippen LogP contribution is 2.38. The van der Waals surface area contributed by atoms with Crippen molar-refractivity contribution in [3.05, 3.63) is 47.0 Å². The van der Waals surface area contributed by atoms with Crippen LogP contribution in [0, 0.1) is 25.2 Å². The first-order valence-corrected chi connectivity index (χ1v) is 11.4. The monoisotopic (exact) mass is 427 g/mol. The smallest absolute Gasteiger partial charge is 0.158 e. The van der Waals surface area contributed by atoms with Gasteiger partial charge in [-0.15, -0.1) is 0 Å². The predicted molar refractivity (Wildman–Crippen MR) is 126 cm³/mol. The standard InChI is InChI=1S/C25H29N7/c1-15(2)22-23(19-13-32-25(27-14-28-32)17(4)16(19)3)30-21-6-5-20(29-24(21)22)18-7-10-31(11-8-18)12-9-26/h5-6,13-15,18,30H,7-8,10-12H2,1-4H3. The average molecular weight is 428 g/mol. The third-order valence-corrected chi connectivity index (χ3v) is 6.97. The van der Waals surface area contributed by atoms with Crippen LogP contribution in [0.25, 0.3) is 27.9 Å². The molecule has 0 aliphatic carbocycles. The molecule has 1 N–H and O–H groups in total. The molecule has 0 saturated carbocycles. The molecule has 1 aliphatic heterocycles. The molecule has 4 aromatic heterocycles. The number of aryl methyl sites for hydroxylation is 1. The van der Waals surface area contributed by atoms with Gasteiger partial charge in [-0.05, 0) is 69.0 Å². The van der Waals surface area contributed by atoms with Crippen LogP contribution in [0.4, 0.5) is 0 Å². The molecule has 7 heteroatoms. The number of likely N-dealkylation sites (tertiary alicyclic amines) is 1. The van der Waals surface area contributed by atoms with Crippen LogP contribution < -0.4 is 0 Å². The zero-order chi connectivity index (χ0) is 22.4. The minimum Gasteiger partial charge on any atom is -0.353 e. The zero-order valence-electron chi connectivity index (χ0n) is 19.2. The number of nitrogens with zero attached hydrogens (tertiary/aromatic N) is 6. The van der Waals surface area contributed by atoms with Crippen molar-refractivity contribution in [1.82, 2.24) is 29.5 Å². The van der Waals surface area contributed by atoms with Gasteiger partial charge in [0.2, 0.25) is 0 Å². The lowest BCUT2D eigenvalue weighted by molar-refractivity contribution is 0.233. The summed E-state index contributed by atoms with van der Waals surface area (Å²) in [5, 5.41) is 13.3. The molecule has 0 aromatic carbocycles. The number of nitrogens with one attached hydrogen (secondary N) is 1.